The van der Waals surface area contributed by atoms with Crippen molar-refractivity contribution in [1.29, 1.82) is 0 Å². The van der Waals surface area contributed by atoms with Gasteiger partial charge in [-0.3, -0.25) is 4.79 Å². The molecule has 1 unspecified atom stereocenters. The van der Waals surface area contributed by atoms with Crippen molar-refractivity contribution in [3.05, 3.63) is 47.0 Å². The summed E-state index contributed by atoms with van der Waals surface area (Å²) in [6.07, 6.45) is 2.17. The third kappa shape index (κ3) is 4.25. The molecule has 0 radical (unpaired) electrons. The first kappa shape index (κ1) is 18.4. The maximum atomic E-state index is 11.3. The molecule has 1 aromatic carbocycles. The second-order valence-electron chi connectivity index (χ2n) is 7.81. The van der Waals surface area contributed by atoms with E-state index in [1.165, 1.54) is 0 Å². The number of benzene rings is 1. The fourth-order valence-corrected chi connectivity index (χ4v) is 3.74. The highest BCUT2D eigenvalue weighted by Crippen LogP contribution is 2.39. The zero-order chi connectivity index (χ0) is 18.7. The van der Waals surface area contributed by atoms with E-state index in [4.69, 9.17) is 9.47 Å². The third-order valence-corrected chi connectivity index (χ3v) is 6.24. The Labute approximate surface area is 155 Å². The molecule has 1 aliphatic rings. The van der Waals surface area contributed by atoms with E-state index in [2.05, 4.69) is 24.6 Å². The summed E-state index contributed by atoms with van der Waals surface area (Å²) >= 11 is 0. The third-order valence-electron chi connectivity index (χ3n) is 4.54. The Morgan fingerprint density at radius 3 is 2.81 bits per heavy atom. The maximum absolute atomic E-state index is 11.3. The molecular formula is C20H25NO4Si. The maximum Gasteiger partial charge on any atom is 0.227 e. The summed E-state index contributed by atoms with van der Waals surface area (Å²) in [4.78, 5) is 15.7. The molecule has 2 aromatic rings. The molecule has 1 atom stereocenters. The van der Waals surface area contributed by atoms with Crippen LogP contribution < -0.4 is 9.47 Å². The first-order valence-corrected chi connectivity index (χ1v) is 12.6. The number of aldehydes is 1. The molecule has 3 rings (SSSR count). The molecule has 0 aliphatic heterocycles. The lowest BCUT2D eigenvalue weighted by molar-refractivity contribution is 0.111. The molecule has 0 saturated carbocycles. The number of pyridine rings is 1. The summed E-state index contributed by atoms with van der Waals surface area (Å²) in [5, 5.41) is 9.96. The van der Waals surface area contributed by atoms with Gasteiger partial charge in [-0.05, 0) is 36.6 Å². The summed E-state index contributed by atoms with van der Waals surface area (Å²) in [5.41, 5.74) is 2.36. The smallest absolute Gasteiger partial charge is 0.227 e. The van der Waals surface area contributed by atoms with E-state index in [0.29, 0.717) is 29.7 Å². The van der Waals surface area contributed by atoms with Gasteiger partial charge in [0.05, 0.1) is 12.2 Å². The monoisotopic (exact) mass is 371 g/mol. The van der Waals surface area contributed by atoms with Crippen LogP contribution in [0.15, 0.2) is 30.3 Å². The second kappa shape index (κ2) is 7.49. The molecular weight excluding hydrogens is 346 g/mol. The average Bonchev–Trinajstić information content (AvgIpc) is 2.98. The summed E-state index contributed by atoms with van der Waals surface area (Å²) in [6.45, 7) is 7.37. The minimum Gasteiger partial charge on any atom is -0.508 e. The van der Waals surface area contributed by atoms with E-state index in [1.807, 2.05) is 12.1 Å². The number of aromatic hydroxyl groups is 1. The largest absolute Gasteiger partial charge is 0.508 e. The van der Waals surface area contributed by atoms with Gasteiger partial charge in [0.25, 0.3) is 0 Å². The van der Waals surface area contributed by atoms with Crippen molar-refractivity contribution < 1.29 is 19.4 Å². The second-order valence-corrected chi connectivity index (χ2v) is 13.4. The molecule has 1 N–H and O–H groups in total. The van der Waals surface area contributed by atoms with Gasteiger partial charge in [-0.25, -0.2) is 0 Å². The normalized spacial score (nSPS) is 16.2. The van der Waals surface area contributed by atoms with Crippen LogP contribution in [0.1, 0.15) is 34.0 Å². The molecule has 0 saturated heterocycles. The molecule has 1 heterocycles. The number of hydrogen-bond donors (Lipinski definition) is 1. The number of ether oxygens (including phenoxy) is 2. The highest BCUT2D eigenvalue weighted by Gasteiger charge is 2.27. The highest BCUT2D eigenvalue weighted by molar-refractivity contribution is 6.76. The number of nitrogens with zero attached hydrogens (tertiary/aromatic N) is 1. The molecule has 6 heteroatoms. The van der Waals surface area contributed by atoms with E-state index in [-0.39, 0.29) is 6.10 Å². The number of phenolic OH excluding ortho intramolecular Hbond substituents is 1. The lowest BCUT2D eigenvalue weighted by Gasteiger charge is -2.17. The number of aromatic nitrogens is 1. The average molecular weight is 372 g/mol. The van der Waals surface area contributed by atoms with Gasteiger partial charge in [0, 0.05) is 19.7 Å². The Morgan fingerprint density at radius 1 is 1.27 bits per heavy atom. The van der Waals surface area contributed by atoms with Crippen molar-refractivity contribution in [1.82, 2.24) is 4.98 Å². The Morgan fingerprint density at radius 2 is 2.08 bits per heavy atom. The Bertz CT molecular complexity index is 801. The van der Waals surface area contributed by atoms with Crippen LogP contribution in [0.4, 0.5) is 0 Å². The molecule has 0 fully saturated rings. The van der Waals surface area contributed by atoms with Crippen LogP contribution in [0.3, 0.4) is 0 Å². The number of rotatable bonds is 7. The molecule has 138 valence electrons. The van der Waals surface area contributed by atoms with Crippen molar-refractivity contribution in [2.45, 2.75) is 44.6 Å². The Balaban J connectivity index is 1.74. The van der Waals surface area contributed by atoms with Gasteiger partial charge in [-0.15, -0.1) is 0 Å². The van der Waals surface area contributed by atoms with E-state index in [9.17, 15) is 9.90 Å². The predicted molar refractivity (Wildman–Crippen MR) is 103 cm³/mol. The van der Waals surface area contributed by atoms with Crippen molar-refractivity contribution in [2.75, 3.05) is 6.61 Å². The number of carbonyl (C=O) groups is 1. The van der Waals surface area contributed by atoms with E-state index in [1.54, 1.807) is 18.2 Å². The molecule has 26 heavy (non-hydrogen) atoms. The predicted octanol–water partition coefficient (Wildman–Crippen LogP) is 4.38. The van der Waals surface area contributed by atoms with Gasteiger partial charge in [-0.2, -0.15) is 4.98 Å². The quantitative estimate of drug-likeness (QED) is 0.578. The van der Waals surface area contributed by atoms with Gasteiger partial charge in [-0.1, -0.05) is 31.8 Å². The van der Waals surface area contributed by atoms with E-state index in [0.717, 1.165) is 36.3 Å². The van der Waals surface area contributed by atoms with Crippen LogP contribution in [-0.4, -0.2) is 31.1 Å². The summed E-state index contributed by atoms with van der Waals surface area (Å²) in [7, 11) is -1.22. The zero-order valence-electron chi connectivity index (χ0n) is 15.5. The fraction of sp³-hybridized carbons (Fsp3) is 0.400. The van der Waals surface area contributed by atoms with Crippen LogP contribution >= 0.6 is 0 Å². The molecule has 5 nitrogen and oxygen atoms in total. The number of phenols is 1. The van der Waals surface area contributed by atoms with Crippen molar-refractivity contribution >= 4 is 14.4 Å². The summed E-state index contributed by atoms with van der Waals surface area (Å²) in [6, 6.07) is 9.85. The molecule has 0 spiro atoms. The SMILES string of the molecule is C[Si](C)(C)CCOc1nc(OC2CCc3c(O)cccc32)ccc1C=O. The lowest BCUT2D eigenvalue weighted by atomic mass is 10.1. The number of hydrogen-bond acceptors (Lipinski definition) is 5. The molecule has 0 amide bonds. The van der Waals surface area contributed by atoms with Gasteiger partial charge in [0.2, 0.25) is 11.8 Å². The zero-order valence-corrected chi connectivity index (χ0v) is 16.5. The van der Waals surface area contributed by atoms with Crippen LogP contribution in [0.5, 0.6) is 17.5 Å². The Kier molecular flexibility index (Phi) is 5.32. The van der Waals surface area contributed by atoms with Gasteiger partial charge in [0.15, 0.2) is 6.29 Å². The van der Waals surface area contributed by atoms with Crippen LogP contribution in [-0.2, 0) is 6.42 Å². The number of carbonyl (C=O) groups excluding carboxylic acids is 1. The lowest BCUT2D eigenvalue weighted by Crippen LogP contribution is -2.22. The van der Waals surface area contributed by atoms with Crippen molar-refractivity contribution in [3.8, 4) is 17.5 Å². The summed E-state index contributed by atoms with van der Waals surface area (Å²) in [5.74, 6) is 1.07. The first-order chi connectivity index (χ1) is 12.4. The van der Waals surface area contributed by atoms with E-state index < -0.39 is 8.07 Å². The van der Waals surface area contributed by atoms with Crippen molar-refractivity contribution in [3.63, 3.8) is 0 Å². The van der Waals surface area contributed by atoms with Crippen LogP contribution in [0.2, 0.25) is 25.7 Å². The van der Waals surface area contributed by atoms with Crippen LogP contribution in [0, 0.1) is 0 Å². The molecule has 1 aromatic heterocycles. The first-order valence-electron chi connectivity index (χ1n) is 8.94. The van der Waals surface area contributed by atoms with Gasteiger partial charge >= 0.3 is 0 Å². The Hall–Kier alpha value is -2.34. The van der Waals surface area contributed by atoms with Gasteiger partial charge < -0.3 is 14.6 Å². The van der Waals surface area contributed by atoms with Gasteiger partial charge in [0.1, 0.15) is 11.9 Å². The summed E-state index contributed by atoms with van der Waals surface area (Å²) < 4.78 is 11.8. The topological polar surface area (TPSA) is 68.7 Å². The van der Waals surface area contributed by atoms with Crippen molar-refractivity contribution in [2.24, 2.45) is 0 Å². The standard InChI is InChI=1S/C20H25NO4Si/c1-26(2,3)12-11-24-20-14(13-22)7-10-19(21-20)25-18-9-8-15-16(18)5-4-6-17(15)23/h4-7,10,13,18,23H,8-9,11-12H2,1-3H3. The molecule has 0 bridgehead atoms. The minimum absolute atomic E-state index is 0.151. The number of fused-ring (bicyclic) bond motifs is 1. The van der Waals surface area contributed by atoms with Crippen LogP contribution in [0.25, 0.3) is 0 Å². The fourth-order valence-electron chi connectivity index (χ4n) is 3.02. The van der Waals surface area contributed by atoms with E-state index >= 15 is 0 Å². The highest BCUT2D eigenvalue weighted by atomic mass is 28.3. The molecule has 1 aliphatic carbocycles. The minimum atomic E-state index is -1.22.